The number of ether oxygens (including phenoxy) is 1. The van der Waals surface area contributed by atoms with E-state index in [1.807, 2.05) is 36.4 Å². The maximum absolute atomic E-state index is 5.65. The van der Waals surface area contributed by atoms with Crippen molar-refractivity contribution in [2.24, 2.45) is 5.73 Å². The summed E-state index contributed by atoms with van der Waals surface area (Å²) >= 11 is 0. The summed E-state index contributed by atoms with van der Waals surface area (Å²) in [7, 11) is 1.65. The maximum Gasteiger partial charge on any atom is 0.134 e. The fourth-order valence-electron chi connectivity index (χ4n) is 1.53. The van der Waals surface area contributed by atoms with Crippen molar-refractivity contribution >= 4 is 11.5 Å². The summed E-state index contributed by atoms with van der Waals surface area (Å²) in [6.45, 7) is 0.465. The molecular formula is C13H15N3O. The first kappa shape index (κ1) is 11.4. The molecule has 2 rings (SSSR count). The van der Waals surface area contributed by atoms with Crippen molar-refractivity contribution in [2.75, 3.05) is 12.4 Å². The number of nitrogens with two attached hydrogens (primary N) is 1. The summed E-state index contributed by atoms with van der Waals surface area (Å²) in [5.74, 6) is 1.62. The van der Waals surface area contributed by atoms with Crippen LogP contribution in [0.5, 0.6) is 5.75 Å². The quantitative estimate of drug-likeness (QED) is 0.844. The second kappa shape index (κ2) is 5.32. The lowest BCUT2D eigenvalue weighted by Gasteiger charge is -2.09. The molecule has 0 aliphatic rings. The number of rotatable bonds is 4. The van der Waals surface area contributed by atoms with Crippen LogP contribution in [0.4, 0.5) is 11.5 Å². The first-order chi connectivity index (χ1) is 8.33. The number of aromatic nitrogens is 1. The number of hydrogen-bond acceptors (Lipinski definition) is 4. The minimum Gasteiger partial charge on any atom is -0.497 e. The summed E-state index contributed by atoms with van der Waals surface area (Å²) in [5, 5.41) is 3.23. The molecule has 4 heteroatoms. The number of benzene rings is 1. The van der Waals surface area contributed by atoms with E-state index in [2.05, 4.69) is 10.3 Å². The Bertz CT molecular complexity index is 482. The van der Waals surface area contributed by atoms with Crippen molar-refractivity contribution in [1.29, 1.82) is 0 Å². The standard InChI is InChI=1S/C13H15N3O/c1-17-12-6-4-11(5-7-12)16-13-10(9-14)3-2-8-15-13/h2-8H,9,14H2,1H3,(H,15,16). The smallest absolute Gasteiger partial charge is 0.134 e. The maximum atomic E-state index is 5.65. The normalized spacial score (nSPS) is 10.0. The molecule has 4 nitrogen and oxygen atoms in total. The lowest BCUT2D eigenvalue weighted by Crippen LogP contribution is -2.03. The molecule has 0 spiro atoms. The van der Waals surface area contributed by atoms with Crippen molar-refractivity contribution < 1.29 is 4.74 Å². The number of methoxy groups -OCH3 is 1. The Morgan fingerprint density at radius 2 is 2.00 bits per heavy atom. The van der Waals surface area contributed by atoms with Crippen LogP contribution in [0.25, 0.3) is 0 Å². The largest absolute Gasteiger partial charge is 0.497 e. The molecule has 0 atom stereocenters. The van der Waals surface area contributed by atoms with Crippen LogP contribution in [0.2, 0.25) is 0 Å². The Labute approximate surface area is 100 Å². The van der Waals surface area contributed by atoms with Gasteiger partial charge in [-0.1, -0.05) is 6.07 Å². The molecule has 88 valence electrons. The SMILES string of the molecule is COc1ccc(Nc2ncccc2CN)cc1. The zero-order valence-electron chi connectivity index (χ0n) is 9.68. The average molecular weight is 229 g/mol. The molecule has 1 aromatic carbocycles. The van der Waals surface area contributed by atoms with Crippen LogP contribution in [0.3, 0.4) is 0 Å². The zero-order valence-corrected chi connectivity index (χ0v) is 9.68. The van der Waals surface area contributed by atoms with Gasteiger partial charge in [0.05, 0.1) is 7.11 Å². The number of nitrogens with zero attached hydrogens (tertiary/aromatic N) is 1. The molecule has 1 aromatic heterocycles. The number of hydrogen-bond donors (Lipinski definition) is 2. The van der Waals surface area contributed by atoms with Crippen LogP contribution >= 0.6 is 0 Å². The number of pyridine rings is 1. The highest BCUT2D eigenvalue weighted by atomic mass is 16.5. The topological polar surface area (TPSA) is 60.2 Å². The third-order valence-electron chi connectivity index (χ3n) is 2.46. The lowest BCUT2D eigenvalue weighted by atomic mass is 10.2. The van der Waals surface area contributed by atoms with E-state index >= 15 is 0 Å². The van der Waals surface area contributed by atoms with Gasteiger partial charge in [0.2, 0.25) is 0 Å². The van der Waals surface area contributed by atoms with Gasteiger partial charge in [-0.15, -0.1) is 0 Å². The highest BCUT2D eigenvalue weighted by Crippen LogP contribution is 2.20. The number of nitrogens with one attached hydrogen (secondary N) is 1. The molecule has 3 N–H and O–H groups in total. The van der Waals surface area contributed by atoms with E-state index in [0.29, 0.717) is 6.54 Å². The lowest BCUT2D eigenvalue weighted by molar-refractivity contribution is 0.415. The van der Waals surface area contributed by atoms with Gasteiger partial charge in [-0.25, -0.2) is 4.98 Å². The molecule has 0 aliphatic carbocycles. The Morgan fingerprint density at radius 3 is 2.65 bits per heavy atom. The zero-order chi connectivity index (χ0) is 12.1. The monoisotopic (exact) mass is 229 g/mol. The molecule has 2 aromatic rings. The first-order valence-electron chi connectivity index (χ1n) is 5.38. The van der Waals surface area contributed by atoms with Gasteiger partial charge in [-0.2, -0.15) is 0 Å². The third-order valence-corrected chi connectivity index (χ3v) is 2.46. The molecule has 0 fully saturated rings. The summed E-state index contributed by atoms with van der Waals surface area (Å²) in [4.78, 5) is 4.27. The second-order valence-corrected chi connectivity index (χ2v) is 3.57. The van der Waals surface area contributed by atoms with Crippen LogP contribution in [0, 0.1) is 0 Å². The third kappa shape index (κ3) is 2.73. The van der Waals surface area contributed by atoms with Crippen molar-refractivity contribution in [3.63, 3.8) is 0 Å². The van der Waals surface area contributed by atoms with Crippen LogP contribution in [-0.2, 0) is 6.54 Å². The van der Waals surface area contributed by atoms with Gasteiger partial charge in [0.25, 0.3) is 0 Å². The van der Waals surface area contributed by atoms with Gasteiger partial charge in [0.1, 0.15) is 11.6 Å². The van der Waals surface area contributed by atoms with Gasteiger partial charge in [0.15, 0.2) is 0 Å². The molecule has 0 unspecified atom stereocenters. The average Bonchev–Trinajstić information content (AvgIpc) is 2.40. The molecule has 0 saturated carbocycles. The minimum atomic E-state index is 0.465. The van der Waals surface area contributed by atoms with E-state index in [-0.39, 0.29) is 0 Å². The summed E-state index contributed by atoms with van der Waals surface area (Å²) in [5.41, 5.74) is 7.60. The van der Waals surface area contributed by atoms with Crippen molar-refractivity contribution in [2.45, 2.75) is 6.54 Å². The highest BCUT2D eigenvalue weighted by Gasteiger charge is 2.01. The van der Waals surface area contributed by atoms with Gasteiger partial charge in [-0.05, 0) is 30.3 Å². The number of anilines is 2. The Kier molecular flexibility index (Phi) is 3.57. The fraction of sp³-hybridized carbons (Fsp3) is 0.154. The Morgan fingerprint density at radius 1 is 1.24 bits per heavy atom. The van der Waals surface area contributed by atoms with Crippen molar-refractivity contribution in [1.82, 2.24) is 4.98 Å². The molecular weight excluding hydrogens is 214 g/mol. The van der Waals surface area contributed by atoms with Gasteiger partial charge < -0.3 is 15.8 Å². The predicted octanol–water partition coefficient (Wildman–Crippen LogP) is 2.29. The highest BCUT2D eigenvalue weighted by molar-refractivity contribution is 5.59. The Hall–Kier alpha value is -2.07. The van der Waals surface area contributed by atoms with Crippen molar-refractivity contribution in [3.8, 4) is 5.75 Å². The molecule has 0 amide bonds. The molecule has 0 saturated heterocycles. The molecule has 1 heterocycles. The van der Waals surface area contributed by atoms with Crippen molar-refractivity contribution in [3.05, 3.63) is 48.2 Å². The molecule has 0 bridgehead atoms. The molecule has 0 aliphatic heterocycles. The summed E-state index contributed by atoms with van der Waals surface area (Å²) < 4.78 is 5.10. The van der Waals surface area contributed by atoms with Crippen LogP contribution in [0.1, 0.15) is 5.56 Å². The second-order valence-electron chi connectivity index (χ2n) is 3.57. The van der Waals surface area contributed by atoms with E-state index in [9.17, 15) is 0 Å². The van der Waals surface area contributed by atoms with Crippen LogP contribution < -0.4 is 15.8 Å². The summed E-state index contributed by atoms with van der Waals surface area (Å²) in [6, 6.07) is 11.5. The van der Waals surface area contributed by atoms with Gasteiger partial charge in [0, 0.05) is 24.0 Å². The van der Waals surface area contributed by atoms with E-state index < -0.39 is 0 Å². The van der Waals surface area contributed by atoms with Crippen LogP contribution in [0.15, 0.2) is 42.6 Å². The first-order valence-corrected chi connectivity index (χ1v) is 5.38. The Balaban J connectivity index is 2.19. The van der Waals surface area contributed by atoms with E-state index in [0.717, 1.165) is 22.8 Å². The molecule has 17 heavy (non-hydrogen) atoms. The molecule has 0 radical (unpaired) electrons. The fourth-order valence-corrected chi connectivity index (χ4v) is 1.53. The minimum absolute atomic E-state index is 0.465. The summed E-state index contributed by atoms with van der Waals surface area (Å²) in [6.07, 6.45) is 1.74. The van der Waals surface area contributed by atoms with E-state index in [4.69, 9.17) is 10.5 Å². The van der Waals surface area contributed by atoms with Gasteiger partial charge >= 0.3 is 0 Å². The predicted molar refractivity (Wildman–Crippen MR) is 68.4 cm³/mol. The van der Waals surface area contributed by atoms with Crippen LogP contribution in [-0.4, -0.2) is 12.1 Å². The van der Waals surface area contributed by atoms with Gasteiger partial charge in [-0.3, -0.25) is 0 Å². The van der Waals surface area contributed by atoms with E-state index in [1.54, 1.807) is 13.3 Å². The van der Waals surface area contributed by atoms with E-state index in [1.165, 1.54) is 0 Å².